The number of halogens is 1. The number of benzene rings is 2. The number of esters is 1. The maximum Gasteiger partial charge on any atom is 0.320 e. The molecular formula is C24H26BrNO2. The molecule has 0 spiro atoms. The lowest BCUT2D eigenvalue weighted by atomic mass is 10.1. The van der Waals surface area contributed by atoms with Crippen molar-refractivity contribution >= 4 is 27.5 Å². The molecule has 2 rings (SSSR count). The Kier molecular flexibility index (Phi) is 9.54. The van der Waals surface area contributed by atoms with Crippen LogP contribution in [0.4, 0.5) is 0 Å². The van der Waals surface area contributed by atoms with E-state index in [0.29, 0.717) is 13.2 Å². The molecule has 0 amide bonds. The Morgan fingerprint density at radius 2 is 1.86 bits per heavy atom. The minimum absolute atomic E-state index is 0.188. The van der Waals surface area contributed by atoms with E-state index in [0.717, 1.165) is 34.0 Å². The molecule has 4 heteroatoms. The first kappa shape index (κ1) is 21.9. The highest BCUT2D eigenvalue weighted by atomic mass is 79.9. The van der Waals surface area contributed by atoms with Gasteiger partial charge in [-0.25, -0.2) is 0 Å². The second-order valence-electron chi connectivity index (χ2n) is 6.51. The Morgan fingerprint density at radius 1 is 1.14 bits per heavy atom. The molecule has 0 radical (unpaired) electrons. The van der Waals surface area contributed by atoms with Crippen molar-refractivity contribution in [2.24, 2.45) is 0 Å². The highest BCUT2D eigenvalue weighted by molar-refractivity contribution is 9.10. The molecule has 0 aliphatic carbocycles. The zero-order valence-corrected chi connectivity index (χ0v) is 18.0. The van der Waals surface area contributed by atoms with Crippen molar-refractivity contribution < 1.29 is 9.53 Å². The summed E-state index contributed by atoms with van der Waals surface area (Å²) in [5.74, 6) is 6.31. The van der Waals surface area contributed by atoms with Crippen LogP contribution in [0.25, 0.3) is 5.57 Å². The Hall–Kier alpha value is -2.35. The van der Waals surface area contributed by atoms with E-state index in [-0.39, 0.29) is 12.5 Å². The molecule has 0 bridgehead atoms. The highest BCUT2D eigenvalue weighted by Gasteiger charge is 2.07. The summed E-state index contributed by atoms with van der Waals surface area (Å²) in [7, 11) is 1.91. The third-order valence-corrected chi connectivity index (χ3v) is 4.57. The van der Waals surface area contributed by atoms with Crippen LogP contribution in [0, 0.1) is 11.8 Å². The van der Waals surface area contributed by atoms with Crippen molar-refractivity contribution in [2.75, 3.05) is 26.7 Å². The van der Waals surface area contributed by atoms with Gasteiger partial charge >= 0.3 is 5.97 Å². The minimum atomic E-state index is -0.188. The number of likely N-dealkylation sites (N-methyl/N-ethyl adjacent to an activating group) is 1. The van der Waals surface area contributed by atoms with Crippen LogP contribution in [0.1, 0.15) is 30.9 Å². The van der Waals surface area contributed by atoms with Crippen LogP contribution in [0.5, 0.6) is 0 Å². The van der Waals surface area contributed by atoms with Crippen molar-refractivity contribution in [1.82, 2.24) is 4.90 Å². The summed E-state index contributed by atoms with van der Waals surface area (Å²) in [6.07, 6.45) is 3.98. The number of hydrogen-bond acceptors (Lipinski definition) is 3. The smallest absolute Gasteiger partial charge is 0.320 e. The second-order valence-corrected chi connectivity index (χ2v) is 7.43. The van der Waals surface area contributed by atoms with Gasteiger partial charge in [-0.3, -0.25) is 9.69 Å². The van der Waals surface area contributed by atoms with E-state index in [9.17, 15) is 4.79 Å². The van der Waals surface area contributed by atoms with Gasteiger partial charge in [0.05, 0.1) is 13.2 Å². The number of hydrogen-bond donors (Lipinski definition) is 0. The molecule has 0 aliphatic rings. The SMILES string of the molecule is CCCCOC(=O)CN(C)CC=C(C#Cc1ccc(Br)cc1)c1ccccc1. The van der Waals surface area contributed by atoms with E-state index < -0.39 is 0 Å². The van der Waals surface area contributed by atoms with Crippen LogP contribution in [0.15, 0.2) is 65.1 Å². The average Bonchev–Trinajstić information content (AvgIpc) is 2.70. The highest BCUT2D eigenvalue weighted by Crippen LogP contribution is 2.14. The van der Waals surface area contributed by atoms with Gasteiger partial charge in [-0.2, -0.15) is 0 Å². The number of carbonyl (C=O) groups excluding carboxylic acids is 1. The first-order chi connectivity index (χ1) is 13.6. The molecule has 3 nitrogen and oxygen atoms in total. The number of carbonyl (C=O) groups is 1. The van der Waals surface area contributed by atoms with Gasteiger partial charge in [0.15, 0.2) is 0 Å². The van der Waals surface area contributed by atoms with E-state index in [1.54, 1.807) is 0 Å². The summed E-state index contributed by atoms with van der Waals surface area (Å²) >= 11 is 3.44. The molecule has 0 heterocycles. The monoisotopic (exact) mass is 439 g/mol. The lowest BCUT2D eigenvalue weighted by Crippen LogP contribution is -2.27. The largest absolute Gasteiger partial charge is 0.465 e. The second kappa shape index (κ2) is 12.2. The number of rotatable bonds is 8. The minimum Gasteiger partial charge on any atom is -0.465 e. The number of ether oxygens (including phenoxy) is 1. The molecule has 2 aromatic rings. The number of nitrogens with zero attached hydrogens (tertiary/aromatic N) is 1. The summed E-state index contributed by atoms with van der Waals surface area (Å²) < 4.78 is 6.26. The molecule has 0 aliphatic heterocycles. The van der Waals surface area contributed by atoms with Crippen LogP contribution >= 0.6 is 15.9 Å². The first-order valence-electron chi connectivity index (χ1n) is 9.46. The van der Waals surface area contributed by atoms with Crippen LogP contribution in [-0.2, 0) is 9.53 Å². The van der Waals surface area contributed by atoms with Crippen molar-refractivity contribution in [3.8, 4) is 11.8 Å². The maximum absolute atomic E-state index is 11.9. The fraction of sp³-hybridized carbons (Fsp3) is 0.292. The number of allylic oxidation sites excluding steroid dienone is 1. The predicted molar refractivity (Wildman–Crippen MR) is 119 cm³/mol. The van der Waals surface area contributed by atoms with Gasteiger partial charge in [0, 0.05) is 22.2 Å². The first-order valence-corrected chi connectivity index (χ1v) is 10.2. The lowest BCUT2D eigenvalue weighted by molar-refractivity contribution is -0.144. The van der Waals surface area contributed by atoms with E-state index in [2.05, 4.69) is 40.8 Å². The Bertz CT molecular complexity index is 832. The summed E-state index contributed by atoms with van der Waals surface area (Å²) in [6.45, 7) is 3.45. The molecular weight excluding hydrogens is 414 g/mol. The normalized spacial score (nSPS) is 11.1. The molecule has 0 fully saturated rings. The van der Waals surface area contributed by atoms with Gasteiger partial charge in [-0.15, -0.1) is 0 Å². The van der Waals surface area contributed by atoms with Crippen LogP contribution in [0.2, 0.25) is 0 Å². The zero-order valence-electron chi connectivity index (χ0n) is 16.5. The van der Waals surface area contributed by atoms with Gasteiger partial charge in [-0.05, 0) is 43.3 Å². The molecule has 28 heavy (non-hydrogen) atoms. The van der Waals surface area contributed by atoms with E-state index in [1.165, 1.54) is 0 Å². The predicted octanol–water partition coefficient (Wildman–Crippen LogP) is 5.16. The van der Waals surface area contributed by atoms with Crippen molar-refractivity contribution in [3.63, 3.8) is 0 Å². The summed E-state index contributed by atoms with van der Waals surface area (Å²) in [6, 6.07) is 18.0. The van der Waals surface area contributed by atoms with E-state index >= 15 is 0 Å². The molecule has 0 aromatic heterocycles. The Balaban J connectivity index is 2.07. The zero-order chi connectivity index (χ0) is 20.2. The summed E-state index contributed by atoms with van der Waals surface area (Å²) in [4.78, 5) is 13.8. The van der Waals surface area contributed by atoms with Crippen LogP contribution < -0.4 is 0 Å². The number of unbranched alkanes of at least 4 members (excludes halogenated alkanes) is 1. The van der Waals surface area contributed by atoms with Crippen LogP contribution in [0.3, 0.4) is 0 Å². The fourth-order valence-electron chi connectivity index (χ4n) is 2.44. The quantitative estimate of drug-likeness (QED) is 0.323. The Labute approximate surface area is 176 Å². The molecule has 0 atom stereocenters. The van der Waals surface area contributed by atoms with Gasteiger partial charge < -0.3 is 4.74 Å². The molecule has 0 saturated carbocycles. The van der Waals surface area contributed by atoms with E-state index in [4.69, 9.17) is 4.74 Å². The standard InChI is InChI=1S/C24H26BrNO2/c1-3-4-18-28-24(27)19-26(2)17-16-22(21-8-6-5-7-9-21)13-10-20-11-14-23(25)15-12-20/h5-9,11-12,14-16H,3-4,17-19H2,1-2H3. The van der Waals surface area contributed by atoms with Gasteiger partial charge in [-0.1, -0.05) is 77.5 Å². The summed E-state index contributed by atoms with van der Waals surface area (Å²) in [5, 5.41) is 0. The topological polar surface area (TPSA) is 29.5 Å². The maximum atomic E-state index is 11.9. The van der Waals surface area contributed by atoms with Gasteiger partial charge in [0.1, 0.15) is 0 Å². The molecule has 146 valence electrons. The lowest BCUT2D eigenvalue weighted by Gasteiger charge is -2.14. The third-order valence-electron chi connectivity index (χ3n) is 4.04. The average molecular weight is 440 g/mol. The van der Waals surface area contributed by atoms with Crippen molar-refractivity contribution in [2.45, 2.75) is 19.8 Å². The Morgan fingerprint density at radius 3 is 2.54 bits per heavy atom. The fourth-order valence-corrected chi connectivity index (χ4v) is 2.70. The summed E-state index contributed by atoms with van der Waals surface area (Å²) in [5.41, 5.74) is 2.96. The van der Waals surface area contributed by atoms with Crippen LogP contribution in [-0.4, -0.2) is 37.6 Å². The van der Waals surface area contributed by atoms with Gasteiger partial charge in [0.25, 0.3) is 0 Å². The van der Waals surface area contributed by atoms with Gasteiger partial charge in [0.2, 0.25) is 0 Å². The van der Waals surface area contributed by atoms with Crippen molar-refractivity contribution in [1.29, 1.82) is 0 Å². The van der Waals surface area contributed by atoms with Crippen molar-refractivity contribution in [3.05, 3.63) is 76.3 Å². The molecule has 0 N–H and O–H groups in total. The van der Waals surface area contributed by atoms with E-state index in [1.807, 2.05) is 66.5 Å². The molecule has 2 aromatic carbocycles. The molecule has 0 saturated heterocycles. The third kappa shape index (κ3) is 8.12. The molecule has 0 unspecified atom stereocenters.